The molecule has 2 heterocycles. The maximum absolute atomic E-state index is 12.0. The molecule has 106 valence electrons. The van der Waals surface area contributed by atoms with Gasteiger partial charge in [0.2, 0.25) is 0 Å². The van der Waals surface area contributed by atoms with Gasteiger partial charge in [-0.2, -0.15) is 0 Å². The monoisotopic (exact) mass is 302 g/mol. The van der Waals surface area contributed by atoms with E-state index in [2.05, 4.69) is 4.98 Å². The van der Waals surface area contributed by atoms with Crippen molar-refractivity contribution >= 4 is 29.1 Å². The van der Waals surface area contributed by atoms with Gasteiger partial charge in [0.15, 0.2) is 0 Å². The number of amides is 2. The minimum absolute atomic E-state index is 0.0565. The molecular weight excluding hydrogens is 292 g/mol. The number of hydroxylamine groups is 2. The number of imide groups is 1. The van der Waals surface area contributed by atoms with Crippen molar-refractivity contribution in [3.05, 3.63) is 52.0 Å². The van der Waals surface area contributed by atoms with Crippen LogP contribution in [0.4, 0.5) is 0 Å². The van der Waals surface area contributed by atoms with E-state index in [4.69, 9.17) is 4.84 Å². The van der Waals surface area contributed by atoms with E-state index in [-0.39, 0.29) is 17.5 Å². The molecule has 0 radical (unpaired) electrons. The summed E-state index contributed by atoms with van der Waals surface area (Å²) in [4.78, 5) is 44.7. The standard InChI is InChI=1S/C14H10N2O4S/c17-12(6-5-11-15-7-8-21-11)20-16-13(18)9-3-1-2-4-10(9)14(16)19/h1-4,7-8H,5-6H2. The Morgan fingerprint density at radius 2 is 1.86 bits per heavy atom. The normalized spacial score (nSPS) is 13.4. The fourth-order valence-electron chi connectivity index (χ4n) is 1.98. The molecule has 7 heteroatoms. The fraction of sp³-hybridized carbons (Fsp3) is 0.143. The van der Waals surface area contributed by atoms with Gasteiger partial charge in [-0.05, 0) is 12.1 Å². The Morgan fingerprint density at radius 3 is 2.43 bits per heavy atom. The molecule has 1 aliphatic rings. The molecular formula is C14H10N2O4S. The third kappa shape index (κ3) is 2.55. The third-order valence-corrected chi connectivity index (χ3v) is 3.82. The molecule has 6 nitrogen and oxygen atoms in total. The average Bonchev–Trinajstić information content (AvgIpc) is 3.09. The van der Waals surface area contributed by atoms with Crippen LogP contribution in [0, 0.1) is 0 Å². The van der Waals surface area contributed by atoms with Crippen molar-refractivity contribution in [1.29, 1.82) is 0 Å². The van der Waals surface area contributed by atoms with E-state index in [0.717, 1.165) is 5.01 Å². The number of aromatic nitrogens is 1. The molecule has 0 N–H and O–H groups in total. The second-order valence-electron chi connectivity index (χ2n) is 4.34. The molecule has 0 saturated carbocycles. The second kappa shape index (κ2) is 5.45. The van der Waals surface area contributed by atoms with Gasteiger partial charge in [0, 0.05) is 18.0 Å². The number of nitrogens with zero attached hydrogens (tertiary/aromatic N) is 2. The van der Waals surface area contributed by atoms with E-state index < -0.39 is 17.8 Å². The molecule has 0 fully saturated rings. The van der Waals surface area contributed by atoms with Gasteiger partial charge in [-0.1, -0.05) is 17.2 Å². The Bertz CT molecular complexity index is 677. The maximum Gasteiger partial charge on any atom is 0.333 e. The zero-order chi connectivity index (χ0) is 14.8. The molecule has 0 aliphatic carbocycles. The van der Waals surface area contributed by atoms with Crippen LogP contribution in [0.5, 0.6) is 0 Å². The fourth-order valence-corrected chi connectivity index (χ4v) is 2.60. The van der Waals surface area contributed by atoms with E-state index in [1.54, 1.807) is 18.3 Å². The Labute approximate surface area is 123 Å². The van der Waals surface area contributed by atoms with Crippen LogP contribution in [0.1, 0.15) is 32.1 Å². The Morgan fingerprint density at radius 1 is 1.19 bits per heavy atom. The summed E-state index contributed by atoms with van der Waals surface area (Å²) in [6.45, 7) is 0. The van der Waals surface area contributed by atoms with Crippen LogP contribution in [0.15, 0.2) is 35.8 Å². The van der Waals surface area contributed by atoms with Crippen LogP contribution >= 0.6 is 11.3 Å². The quantitative estimate of drug-likeness (QED) is 0.805. The van der Waals surface area contributed by atoms with E-state index in [1.165, 1.54) is 23.5 Å². The molecule has 1 aliphatic heterocycles. The van der Waals surface area contributed by atoms with Crippen molar-refractivity contribution < 1.29 is 19.2 Å². The van der Waals surface area contributed by atoms with Gasteiger partial charge in [-0.3, -0.25) is 9.59 Å². The Balaban J connectivity index is 1.65. The molecule has 0 saturated heterocycles. The summed E-state index contributed by atoms with van der Waals surface area (Å²) in [5.41, 5.74) is 0.491. The highest BCUT2D eigenvalue weighted by molar-refractivity contribution is 7.09. The summed E-state index contributed by atoms with van der Waals surface area (Å²) in [7, 11) is 0. The first kappa shape index (κ1) is 13.4. The second-order valence-corrected chi connectivity index (χ2v) is 5.32. The van der Waals surface area contributed by atoms with Gasteiger partial charge in [-0.15, -0.1) is 11.3 Å². The number of rotatable bonds is 4. The van der Waals surface area contributed by atoms with E-state index in [9.17, 15) is 14.4 Å². The Kier molecular flexibility index (Phi) is 3.49. The molecule has 0 spiro atoms. The predicted octanol–water partition coefficient (Wildman–Crippen LogP) is 1.83. The highest BCUT2D eigenvalue weighted by atomic mass is 32.1. The lowest BCUT2D eigenvalue weighted by Crippen LogP contribution is -2.32. The summed E-state index contributed by atoms with van der Waals surface area (Å²) in [6, 6.07) is 6.35. The van der Waals surface area contributed by atoms with E-state index >= 15 is 0 Å². The van der Waals surface area contributed by atoms with E-state index in [0.29, 0.717) is 11.5 Å². The first-order chi connectivity index (χ1) is 10.2. The number of hydrogen-bond donors (Lipinski definition) is 0. The minimum atomic E-state index is -0.639. The number of carbonyl (C=O) groups is 3. The smallest absolute Gasteiger partial charge is 0.330 e. The summed E-state index contributed by atoms with van der Waals surface area (Å²) >= 11 is 1.43. The predicted molar refractivity (Wildman–Crippen MR) is 73.5 cm³/mol. The van der Waals surface area contributed by atoms with Crippen molar-refractivity contribution in [2.24, 2.45) is 0 Å². The van der Waals surface area contributed by atoms with Gasteiger partial charge in [-0.25, -0.2) is 9.78 Å². The number of hydrogen-bond acceptors (Lipinski definition) is 6. The zero-order valence-corrected chi connectivity index (χ0v) is 11.6. The zero-order valence-electron chi connectivity index (χ0n) is 10.8. The third-order valence-electron chi connectivity index (χ3n) is 2.98. The molecule has 1 aromatic carbocycles. The number of fused-ring (bicyclic) bond motifs is 1. The van der Waals surface area contributed by atoms with Crippen LogP contribution in [-0.2, 0) is 16.1 Å². The van der Waals surface area contributed by atoms with Gasteiger partial charge < -0.3 is 4.84 Å². The van der Waals surface area contributed by atoms with Gasteiger partial charge >= 0.3 is 5.97 Å². The molecule has 21 heavy (non-hydrogen) atoms. The molecule has 0 atom stereocenters. The number of thiazole rings is 1. The number of carbonyl (C=O) groups excluding carboxylic acids is 3. The molecule has 0 bridgehead atoms. The first-order valence-electron chi connectivity index (χ1n) is 6.24. The Hall–Kier alpha value is -2.54. The topological polar surface area (TPSA) is 76.6 Å². The number of benzene rings is 1. The largest absolute Gasteiger partial charge is 0.333 e. The molecule has 2 aromatic rings. The van der Waals surface area contributed by atoms with Gasteiger partial charge in [0.25, 0.3) is 11.8 Å². The van der Waals surface area contributed by atoms with Crippen LogP contribution in [-0.4, -0.2) is 27.8 Å². The van der Waals surface area contributed by atoms with Crippen molar-refractivity contribution in [1.82, 2.24) is 10.0 Å². The summed E-state index contributed by atoms with van der Waals surface area (Å²) in [5, 5.41) is 3.13. The van der Waals surface area contributed by atoms with Crippen LogP contribution in [0.2, 0.25) is 0 Å². The lowest BCUT2D eigenvalue weighted by Gasteiger charge is -2.12. The van der Waals surface area contributed by atoms with Crippen molar-refractivity contribution in [3.63, 3.8) is 0 Å². The van der Waals surface area contributed by atoms with Gasteiger partial charge in [0.05, 0.1) is 22.6 Å². The van der Waals surface area contributed by atoms with Crippen LogP contribution in [0.25, 0.3) is 0 Å². The lowest BCUT2D eigenvalue weighted by molar-refractivity contribution is -0.168. The first-order valence-corrected chi connectivity index (χ1v) is 7.12. The van der Waals surface area contributed by atoms with Crippen molar-refractivity contribution in [2.45, 2.75) is 12.8 Å². The number of aryl methyl sites for hydroxylation is 1. The summed E-state index contributed by atoms with van der Waals surface area (Å²) in [6.07, 6.45) is 2.12. The summed E-state index contributed by atoms with van der Waals surface area (Å²) in [5.74, 6) is -1.86. The lowest BCUT2D eigenvalue weighted by atomic mass is 10.1. The van der Waals surface area contributed by atoms with Gasteiger partial charge in [0.1, 0.15) is 0 Å². The molecule has 1 aromatic heterocycles. The molecule has 0 unspecified atom stereocenters. The molecule has 2 amide bonds. The minimum Gasteiger partial charge on any atom is -0.330 e. The highest BCUT2D eigenvalue weighted by Gasteiger charge is 2.38. The van der Waals surface area contributed by atoms with Crippen molar-refractivity contribution in [3.8, 4) is 0 Å². The van der Waals surface area contributed by atoms with Crippen LogP contribution < -0.4 is 0 Å². The average molecular weight is 302 g/mol. The van der Waals surface area contributed by atoms with Crippen molar-refractivity contribution in [2.75, 3.05) is 0 Å². The molecule has 3 rings (SSSR count). The highest BCUT2D eigenvalue weighted by Crippen LogP contribution is 2.23. The summed E-state index contributed by atoms with van der Waals surface area (Å²) < 4.78 is 0. The maximum atomic E-state index is 12.0. The van der Waals surface area contributed by atoms with E-state index in [1.807, 2.05) is 5.38 Å². The van der Waals surface area contributed by atoms with Crippen LogP contribution in [0.3, 0.4) is 0 Å². The SMILES string of the molecule is O=C(CCc1nccs1)ON1C(=O)c2ccccc2C1=O.